The van der Waals surface area contributed by atoms with Crippen molar-refractivity contribution in [2.75, 3.05) is 40.5 Å². The Morgan fingerprint density at radius 2 is 1.57 bits per heavy atom. The van der Waals surface area contributed by atoms with Crippen LogP contribution < -0.4 is 0 Å². The van der Waals surface area contributed by atoms with Gasteiger partial charge in [-0.05, 0) is 63.7 Å². The highest BCUT2D eigenvalue weighted by atomic mass is 19.2. The summed E-state index contributed by atoms with van der Waals surface area (Å²) < 4.78 is 58.6. The molecule has 0 bridgehead atoms. The zero-order chi connectivity index (χ0) is 28.7. The number of hydrogen-bond donors (Lipinski definition) is 0. The molecule has 1 aliphatic carbocycles. The Kier molecular flexibility index (Phi) is 13.8. The molecule has 1 fully saturated rings. The maximum atomic E-state index is 14.5. The van der Waals surface area contributed by atoms with Crippen molar-refractivity contribution in [1.29, 1.82) is 0 Å². The summed E-state index contributed by atoms with van der Waals surface area (Å²) in [6.45, 7) is 3.33. The number of carbonyl (C=O) groups excluding carboxylic acids is 1. The number of carbonyl (C=O) groups is 1. The highest BCUT2D eigenvalue weighted by Crippen LogP contribution is 2.28. The lowest BCUT2D eigenvalue weighted by atomic mass is 9.91. The Labute approximate surface area is 236 Å². The minimum absolute atomic E-state index is 0.0678. The molecule has 40 heavy (non-hydrogen) atoms. The zero-order valence-electron chi connectivity index (χ0n) is 23.8. The Balaban J connectivity index is 1.46. The third-order valence-electron chi connectivity index (χ3n) is 7.42. The van der Waals surface area contributed by atoms with E-state index in [4.69, 9.17) is 14.2 Å². The minimum Gasteiger partial charge on any atom is -0.445 e. The van der Waals surface area contributed by atoms with Crippen LogP contribution in [0.3, 0.4) is 0 Å². The van der Waals surface area contributed by atoms with Crippen molar-refractivity contribution in [2.45, 2.75) is 76.7 Å². The van der Waals surface area contributed by atoms with Crippen LogP contribution in [0.4, 0.5) is 18.0 Å². The first-order chi connectivity index (χ1) is 19.4. The molecule has 0 N–H and O–H groups in total. The van der Waals surface area contributed by atoms with Gasteiger partial charge in [0.2, 0.25) is 0 Å². The molecule has 1 aliphatic rings. The number of amides is 1. The normalized spacial score (nSPS) is 17.2. The van der Waals surface area contributed by atoms with E-state index in [1.165, 1.54) is 4.90 Å². The number of likely N-dealkylation sites (N-methyl/N-ethyl adjacent to an activating group) is 1. The summed E-state index contributed by atoms with van der Waals surface area (Å²) in [4.78, 5) is 16.8. The van der Waals surface area contributed by atoms with Crippen LogP contribution in [0.1, 0.15) is 62.5 Å². The van der Waals surface area contributed by atoms with Crippen LogP contribution >= 0.6 is 0 Å². The van der Waals surface area contributed by atoms with Gasteiger partial charge in [0.05, 0.1) is 19.3 Å². The van der Waals surface area contributed by atoms with Gasteiger partial charge in [-0.1, -0.05) is 43.2 Å². The molecule has 0 radical (unpaired) electrons. The first kappa shape index (κ1) is 31.9. The van der Waals surface area contributed by atoms with Crippen LogP contribution in [0.2, 0.25) is 0 Å². The van der Waals surface area contributed by atoms with Gasteiger partial charge in [0.15, 0.2) is 11.6 Å². The molecule has 3 rings (SSSR count). The van der Waals surface area contributed by atoms with Gasteiger partial charge in [0, 0.05) is 37.9 Å². The molecular formula is C31H43F3N2O4. The van der Waals surface area contributed by atoms with Crippen molar-refractivity contribution >= 4 is 6.09 Å². The van der Waals surface area contributed by atoms with Crippen molar-refractivity contribution in [1.82, 2.24) is 9.80 Å². The van der Waals surface area contributed by atoms with Gasteiger partial charge in [-0.25, -0.2) is 18.0 Å². The molecule has 0 aromatic heterocycles. The van der Waals surface area contributed by atoms with Crippen LogP contribution in [0.5, 0.6) is 0 Å². The Bertz CT molecular complexity index is 1020. The summed E-state index contributed by atoms with van der Waals surface area (Å²) in [5.41, 5.74) is 0.740. The highest BCUT2D eigenvalue weighted by molar-refractivity contribution is 5.68. The van der Waals surface area contributed by atoms with Crippen molar-refractivity contribution in [3.8, 4) is 0 Å². The van der Waals surface area contributed by atoms with Crippen LogP contribution in [0.25, 0.3) is 0 Å². The van der Waals surface area contributed by atoms with E-state index in [1.807, 2.05) is 30.3 Å². The monoisotopic (exact) mass is 564 g/mol. The number of halogens is 3. The number of unbranched alkanes of at least 4 members (excludes halogenated alkanes) is 3. The zero-order valence-corrected chi connectivity index (χ0v) is 23.8. The van der Waals surface area contributed by atoms with Crippen molar-refractivity contribution in [3.63, 3.8) is 0 Å². The lowest BCUT2D eigenvalue weighted by Gasteiger charge is -2.36. The Hall–Kier alpha value is -2.62. The average molecular weight is 565 g/mol. The van der Waals surface area contributed by atoms with Crippen molar-refractivity contribution in [2.24, 2.45) is 0 Å². The molecular weight excluding hydrogens is 521 g/mol. The molecule has 0 aliphatic heterocycles. The van der Waals surface area contributed by atoms with Gasteiger partial charge in [0.25, 0.3) is 0 Å². The second-order valence-electron chi connectivity index (χ2n) is 10.5. The minimum atomic E-state index is -1.26. The van der Waals surface area contributed by atoms with Gasteiger partial charge < -0.3 is 24.0 Å². The molecule has 6 nitrogen and oxygen atoms in total. The number of hydrogen-bond acceptors (Lipinski definition) is 5. The lowest BCUT2D eigenvalue weighted by molar-refractivity contribution is 0.00178. The van der Waals surface area contributed by atoms with E-state index in [2.05, 4.69) is 11.9 Å². The fourth-order valence-electron chi connectivity index (χ4n) is 4.98. The van der Waals surface area contributed by atoms with E-state index in [0.717, 1.165) is 69.9 Å². The molecule has 0 saturated heterocycles. The van der Waals surface area contributed by atoms with Crippen molar-refractivity contribution in [3.05, 3.63) is 71.0 Å². The molecule has 2 aromatic rings. The molecule has 0 unspecified atom stereocenters. The second kappa shape index (κ2) is 17.3. The van der Waals surface area contributed by atoms with E-state index in [-0.39, 0.29) is 30.9 Å². The average Bonchev–Trinajstić information content (AvgIpc) is 2.96. The van der Waals surface area contributed by atoms with Crippen LogP contribution in [0, 0.1) is 17.5 Å². The summed E-state index contributed by atoms with van der Waals surface area (Å²) in [5, 5.41) is 0. The van der Waals surface area contributed by atoms with E-state index in [1.54, 1.807) is 7.11 Å². The molecule has 0 spiro atoms. The summed E-state index contributed by atoms with van der Waals surface area (Å²) in [7, 11) is 3.83. The summed E-state index contributed by atoms with van der Waals surface area (Å²) in [6.07, 6.45) is 6.78. The number of methoxy groups -OCH3 is 1. The molecule has 222 valence electrons. The van der Waals surface area contributed by atoms with Gasteiger partial charge in [0.1, 0.15) is 12.4 Å². The highest BCUT2D eigenvalue weighted by Gasteiger charge is 2.31. The van der Waals surface area contributed by atoms with E-state index in [9.17, 15) is 18.0 Å². The maximum absolute atomic E-state index is 14.5. The van der Waals surface area contributed by atoms with Crippen molar-refractivity contribution < 1.29 is 32.2 Å². The van der Waals surface area contributed by atoms with Gasteiger partial charge in [-0.2, -0.15) is 0 Å². The molecule has 1 saturated carbocycles. The Morgan fingerprint density at radius 1 is 0.875 bits per heavy atom. The molecule has 2 aromatic carbocycles. The SMILES string of the molecule is COCCN(C)CCCCCCO[C@H]1CC[C@H](N(Cc2cc(F)c(F)cc2F)C(=O)OCc2ccccc2)CC1. The summed E-state index contributed by atoms with van der Waals surface area (Å²) in [5.74, 6) is -3.30. The van der Waals surface area contributed by atoms with Crippen LogP contribution in [0.15, 0.2) is 42.5 Å². The quantitative estimate of drug-likeness (QED) is 0.168. The molecule has 9 heteroatoms. The fourth-order valence-corrected chi connectivity index (χ4v) is 4.98. The second-order valence-corrected chi connectivity index (χ2v) is 10.5. The maximum Gasteiger partial charge on any atom is 0.410 e. The van der Waals surface area contributed by atoms with E-state index < -0.39 is 23.5 Å². The standard InChI is InChI=1S/C31H43F3N2O4/c1-35(17-19-38-2)16-8-3-4-9-18-39-27-14-12-26(13-15-27)36(22-25-20-29(33)30(34)21-28(25)32)31(37)40-23-24-10-6-5-7-11-24/h5-7,10-11,20-21,26-27H,3-4,8-9,12-19,22-23H2,1-2H3/t26-,27-. The summed E-state index contributed by atoms with van der Waals surface area (Å²) in [6, 6.07) is 10.4. The van der Waals surface area contributed by atoms with E-state index in [0.29, 0.717) is 25.5 Å². The predicted molar refractivity (Wildman–Crippen MR) is 148 cm³/mol. The third kappa shape index (κ3) is 10.7. The number of ether oxygens (including phenoxy) is 3. The first-order valence-corrected chi connectivity index (χ1v) is 14.3. The lowest BCUT2D eigenvalue weighted by Crippen LogP contribution is -2.43. The largest absolute Gasteiger partial charge is 0.445 e. The molecule has 1 amide bonds. The Morgan fingerprint density at radius 3 is 2.30 bits per heavy atom. The van der Waals surface area contributed by atoms with Crippen LogP contribution in [-0.2, 0) is 27.4 Å². The number of benzene rings is 2. The summed E-state index contributed by atoms with van der Waals surface area (Å²) >= 11 is 0. The third-order valence-corrected chi connectivity index (χ3v) is 7.42. The van der Waals surface area contributed by atoms with Crippen LogP contribution in [-0.4, -0.2) is 68.5 Å². The molecule has 0 atom stereocenters. The van der Waals surface area contributed by atoms with Gasteiger partial charge in [-0.15, -0.1) is 0 Å². The topological polar surface area (TPSA) is 51.2 Å². The predicted octanol–water partition coefficient (Wildman–Crippen LogP) is 6.71. The number of rotatable bonds is 16. The number of nitrogens with zero attached hydrogens (tertiary/aromatic N) is 2. The van der Waals surface area contributed by atoms with Gasteiger partial charge >= 0.3 is 6.09 Å². The first-order valence-electron chi connectivity index (χ1n) is 14.3. The molecule has 0 heterocycles. The van der Waals surface area contributed by atoms with E-state index >= 15 is 0 Å². The fraction of sp³-hybridized carbons (Fsp3) is 0.581. The smallest absolute Gasteiger partial charge is 0.410 e. The van der Waals surface area contributed by atoms with Gasteiger partial charge in [-0.3, -0.25) is 0 Å².